The van der Waals surface area contributed by atoms with Gasteiger partial charge in [0, 0.05) is 18.3 Å². The lowest BCUT2D eigenvalue weighted by Gasteiger charge is -2.17. The molecule has 84 valence electrons. The Morgan fingerprint density at radius 1 is 1.73 bits per heavy atom. The lowest BCUT2D eigenvalue weighted by molar-refractivity contribution is -0.123. The van der Waals surface area contributed by atoms with Gasteiger partial charge in [-0.2, -0.15) is 5.10 Å². The van der Waals surface area contributed by atoms with Crippen molar-refractivity contribution < 1.29 is 4.79 Å². The summed E-state index contributed by atoms with van der Waals surface area (Å²) in [6, 6.07) is -0.429. The molecule has 15 heavy (non-hydrogen) atoms. The molecule has 0 fully saturated rings. The van der Waals surface area contributed by atoms with E-state index >= 15 is 0 Å². The third-order valence-corrected chi connectivity index (χ3v) is 2.58. The molecule has 0 aliphatic rings. The Morgan fingerprint density at radius 2 is 2.47 bits per heavy atom. The molecule has 1 rings (SSSR count). The number of aromatic amines is 1. The number of nitrogens with zero attached hydrogens (tertiary/aromatic N) is 1. The Balaban J connectivity index is 2.36. The molecule has 2 unspecified atom stereocenters. The smallest absolute Gasteiger partial charge is 0.237 e. The van der Waals surface area contributed by atoms with E-state index in [1.807, 2.05) is 13.8 Å². The van der Waals surface area contributed by atoms with Gasteiger partial charge in [0.2, 0.25) is 5.91 Å². The number of carbonyl (C=O) groups excluding carboxylic acids is 1. The van der Waals surface area contributed by atoms with Crippen molar-refractivity contribution in [1.29, 1.82) is 0 Å². The molecule has 2 atom stereocenters. The molecule has 0 aliphatic heterocycles. The van der Waals surface area contributed by atoms with Gasteiger partial charge in [-0.1, -0.05) is 20.3 Å². The Kier molecular flexibility index (Phi) is 4.30. The molecule has 0 saturated heterocycles. The van der Waals surface area contributed by atoms with Crippen LogP contribution in [0.2, 0.25) is 0 Å². The lowest BCUT2D eigenvalue weighted by Crippen LogP contribution is -2.44. The van der Waals surface area contributed by atoms with Gasteiger partial charge < -0.3 is 11.1 Å². The molecule has 0 radical (unpaired) electrons. The van der Waals surface area contributed by atoms with Crippen LogP contribution in [-0.4, -0.2) is 22.1 Å². The fourth-order valence-electron chi connectivity index (χ4n) is 1.19. The van der Waals surface area contributed by atoms with Gasteiger partial charge >= 0.3 is 0 Å². The van der Waals surface area contributed by atoms with E-state index in [4.69, 9.17) is 5.73 Å². The first kappa shape index (κ1) is 11.7. The largest absolute Gasteiger partial charge is 0.351 e. The van der Waals surface area contributed by atoms with Crippen molar-refractivity contribution in [3.05, 3.63) is 18.0 Å². The van der Waals surface area contributed by atoms with Crippen LogP contribution < -0.4 is 11.1 Å². The number of nitrogens with one attached hydrogen (secondary N) is 2. The topological polar surface area (TPSA) is 83.8 Å². The van der Waals surface area contributed by atoms with E-state index < -0.39 is 6.04 Å². The molecule has 0 saturated carbocycles. The summed E-state index contributed by atoms with van der Waals surface area (Å²) in [4.78, 5) is 11.6. The number of rotatable bonds is 5. The molecule has 5 nitrogen and oxygen atoms in total. The first-order chi connectivity index (χ1) is 7.15. The molecule has 1 aromatic rings. The van der Waals surface area contributed by atoms with Gasteiger partial charge in [-0.15, -0.1) is 0 Å². The van der Waals surface area contributed by atoms with Gasteiger partial charge in [-0.25, -0.2) is 0 Å². The van der Waals surface area contributed by atoms with Crippen molar-refractivity contribution in [2.45, 2.75) is 32.9 Å². The van der Waals surface area contributed by atoms with E-state index in [0.29, 0.717) is 6.54 Å². The maximum absolute atomic E-state index is 11.6. The van der Waals surface area contributed by atoms with Crippen molar-refractivity contribution in [2.24, 2.45) is 11.7 Å². The number of nitrogens with two attached hydrogens (primary N) is 1. The summed E-state index contributed by atoms with van der Waals surface area (Å²) >= 11 is 0. The highest BCUT2D eigenvalue weighted by atomic mass is 16.2. The summed E-state index contributed by atoms with van der Waals surface area (Å²) < 4.78 is 0. The number of hydrogen-bond donors (Lipinski definition) is 3. The van der Waals surface area contributed by atoms with Crippen LogP contribution in [0.5, 0.6) is 0 Å². The maximum atomic E-state index is 11.6. The fraction of sp³-hybridized carbons (Fsp3) is 0.600. The minimum Gasteiger partial charge on any atom is -0.351 e. The number of amides is 1. The summed E-state index contributed by atoms with van der Waals surface area (Å²) in [5.74, 6) is 0.0971. The van der Waals surface area contributed by atoms with Crippen molar-refractivity contribution >= 4 is 5.91 Å². The molecule has 1 aromatic heterocycles. The number of aromatic nitrogens is 2. The molecular formula is C10H18N4O. The van der Waals surface area contributed by atoms with E-state index in [2.05, 4.69) is 15.5 Å². The average molecular weight is 210 g/mol. The van der Waals surface area contributed by atoms with E-state index in [0.717, 1.165) is 12.0 Å². The quantitative estimate of drug-likeness (QED) is 0.657. The van der Waals surface area contributed by atoms with Gasteiger partial charge in [0.1, 0.15) is 0 Å². The third kappa shape index (κ3) is 3.36. The lowest BCUT2D eigenvalue weighted by atomic mass is 9.99. The van der Waals surface area contributed by atoms with Crippen LogP contribution in [0.25, 0.3) is 0 Å². The zero-order valence-corrected chi connectivity index (χ0v) is 9.16. The van der Waals surface area contributed by atoms with Gasteiger partial charge in [0.05, 0.1) is 12.2 Å². The monoisotopic (exact) mass is 210 g/mol. The zero-order chi connectivity index (χ0) is 11.3. The van der Waals surface area contributed by atoms with Crippen molar-refractivity contribution in [3.63, 3.8) is 0 Å². The Morgan fingerprint density at radius 3 is 3.00 bits per heavy atom. The number of H-pyrrole nitrogens is 1. The highest BCUT2D eigenvalue weighted by Gasteiger charge is 2.18. The van der Waals surface area contributed by atoms with Crippen LogP contribution in [0, 0.1) is 5.92 Å². The highest BCUT2D eigenvalue weighted by Crippen LogP contribution is 2.05. The molecule has 1 heterocycles. The first-order valence-electron chi connectivity index (χ1n) is 5.16. The molecule has 1 amide bonds. The van der Waals surface area contributed by atoms with Crippen LogP contribution in [0.4, 0.5) is 0 Å². The fourth-order valence-corrected chi connectivity index (χ4v) is 1.19. The van der Waals surface area contributed by atoms with Gasteiger partial charge in [0.15, 0.2) is 0 Å². The molecule has 0 spiro atoms. The standard InChI is InChI=1S/C10H18N4O/c1-3-7(2)9(11)10(15)12-4-8-5-13-14-6-8/h5-7,9H,3-4,11H2,1-2H3,(H,12,15)(H,13,14). The molecular weight excluding hydrogens is 192 g/mol. The summed E-state index contributed by atoms with van der Waals surface area (Å²) in [7, 11) is 0. The minimum absolute atomic E-state index is 0.106. The van der Waals surface area contributed by atoms with E-state index in [-0.39, 0.29) is 11.8 Å². The third-order valence-electron chi connectivity index (χ3n) is 2.58. The Hall–Kier alpha value is -1.36. The zero-order valence-electron chi connectivity index (χ0n) is 9.16. The number of hydrogen-bond acceptors (Lipinski definition) is 3. The number of carbonyl (C=O) groups is 1. The van der Waals surface area contributed by atoms with Gasteiger partial charge in [-0.3, -0.25) is 9.89 Å². The molecule has 0 aromatic carbocycles. The average Bonchev–Trinajstić information content (AvgIpc) is 2.76. The van der Waals surface area contributed by atoms with Crippen molar-refractivity contribution in [3.8, 4) is 0 Å². The van der Waals surface area contributed by atoms with Crippen LogP contribution in [0.3, 0.4) is 0 Å². The second-order valence-corrected chi connectivity index (χ2v) is 3.74. The summed E-state index contributed by atoms with van der Waals surface area (Å²) in [5.41, 5.74) is 6.72. The Labute approximate surface area is 89.4 Å². The second kappa shape index (κ2) is 5.50. The van der Waals surface area contributed by atoms with E-state index in [1.54, 1.807) is 12.4 Å². The van der Waals surface area contributed by atoms with Gasteiger partial charge in [0.25, 0.3) is 0 Å². The predicted molar refractivity (Wildman–Crippen MR) is 57.9 cm³/mol. The van der Waals surface area contributed by atoms with Crippen LogP contribution in [-0.2, 0) is 11.3 Å². The predicted octanol–water partition coefficient (Wildman–Crippen LogP) is 0.399. The molecule has 0 aliphatic carbocycles. The van der Waals surface area contributed by atoms with E-state index in [9.17, 15) is 4.79 Å². The summed E-state index contributed by atoms with van der Waals surface area (Å²) in [6.45, 7) is 4.47. The van der Waals surface area contributed by atoms with Gasteiger partial charge in [-0.05, 0) is 5.92 Å². The normalized spacial score (nSPS) is 14.6. The van der Waals surface area contributed by atoms with Crippen molar-refractivity contribution in [1.82, 2.24) is 15.5 Å². The van der Waals surface area contributed by atoms with Crippen LogP contribution >= 0.6 is 0 Å². The molecule has 5 heteroatoms. The summed E-state index contributed by atoms with van der Waals surface area (Å²) in [6.07, 6.45) is 4.32. The maximum Gasteiger partial charge on any atom is 0.237 e. The van der Waals surface area contributed by atoms with Crippen LogP contribution in [0.1, 0.15) is 25.8 Å². The Bertz CT molecular complexity index is 296. The molecule has 4 N–H and O–H groups in total. The second-order valence-electron chi connectivity index (χ2n) is 3.74. The molecule has 0 bridgehead atoms. The first-order valence-corrected chi connectivity index (χ1v) is 5.16. The SMILES string of the molecule is CCC(C)C(N)C(=O)NCc1cn[nH]c1. The highest BCUT2D eigenvalue weighted by molar-refractivity contribution is 5.81. The van der Waals surface area contributed by atoms with Crippen LogP contribution in [0.15, 0.2) is 12.4 Å². The van der Waals surface area contributed by atoms with E-state index in [1.165, 1.54) is 0 Å². The summed E-state index contributed by atoms with van der Waals surface area (Å²) in [5, 5.41) is 9.25. The van der Waals surface area contributed by atoms with Crippen molar-refractivity contribution in [2.75, 3.05) is 0 Å². The minimum atomic E-state index is -0.429.